The van der Waals surface area contributed by atoms with Gasteiger partial charge in [-0.1, -0.05) is 17.7 Å². The number of likely N-dealkylation sites (N-methyl/N-ethyl adjacent to an activating group) is 2. The zero-order valence-corrected chi connectivity index (χ0v) is 21.3. The summed E-state index contributed by atoms with van der Waals surface area (Å²) in [6.45, 7) is 13.3. The third-order valence-corrected chi connectivity index (χ3v) is 6.09. The van der Waals surface area contributed by atoms with Gasteiger partial charge in [0.2, 0.25) is 0 Å². The number of aliphatic imine (C=N–C) groups is 1. The van der Waals surface area contributed by atoms with E-state index >= 15 is 0 Å². The van der Waals surface area contributed by atoms with Crippen molar-refractivity contribution in [2.75, 3.05) is 77.9 Å². The summed E-state index contributed by atoms with van der Waals surface area (Å²) in [5.74, 6) is 1.05. The molecule has 1 atom stereocenters. The van der Waals surface area contributed by atoms with E-state index in [1.165, 1.54) is 11.3 Å². The van der Waals surface area contributed by atoms with Crippen LogP contribution >= 0.6 is 35.6 Å². The molecule has 1 aromatic carbocycles. The minimum absolute atomic E-state index is 0. The van der Waals surface area contributed by atoms with E-state index < -0.39 is 0 Å². The number of piperazine rings is 2. The lowest BCUT2D eigenvalue weighted by Gasteiger charge is -2.39. The highest BCUT2D eigenvalue weighted by atomic mass is 127. The number of anilines is 1. The van der Waals surface area contributed by atoms with Gasteiger partial charge in [-0.25, -0.2) is 0 Å². The molecule has 2 saturated heterocycles. The molecule has 6 nitrogen and oxygen atoms in total. The minimum atomic E-state index is 0. The highest BCUT2D eigenvalue weighted by Crippen LogP contribution is 2.25. The van der Waals surface area contributed by atoms with Crippen LogP contribution in [0.5, 0.6) is 0 Å². The molecule has 0 amide bonds. The molecule has 2 fully saturated rings. The number of hydrogen-bond acceptors (Lipinski definition) is 4. The summed E-state index contributed by atoms with van der Waals surface area (Å²) in [7, 11) is 4.41. The lowest BCUT2D eigenvalue weighted by atomic mass is 10.1. The number of rotatable bonds is 4. The van der Waals surface area contributed by atoms with Crippen molar-refractivity contribution in [3.8, 4) is 0 Å². The first-order chi connectivity index (χ1) is 13.5. The van der Waals surface area contributed by atoms with Gasteiger partial charge in [0.15, 0.2) is 5.96 Å². The SMILES string of the molecule is CCNC(=NCC1CN(C)CCN1C)N1CCN(c2cc(Cl)ccc2C)CC1.I. The molecule has 1 aromatic rings. The largest absolute Gasteiger partial charge is 0.368 e. The van der Waals surface area contributed by atoms with Crippen LogP contribution < -0.4 is 10.2 Å². The fourth-order valence-electron chi connectivity index (χ4n) is 4.00. The van der Waals surface area contributed by atoms with Crippen LogP contribution in [0.15, 0.2) is 23.2 Å². The van der Waals surface area contributed by atoms with Crippen LogP contribution in [0.1, 0.15) is 12.5 Å². The number of aryl methyl sites for hydroxylation is 1. The first-order valence-electron chi connectivity index (χ1n) is 10.4. The molecule has 2 heterocycles. The van der Waals surface area contributed by atoms with Gasteiger partial charge in [0, 0.05) is 69.1 Å². The summed E-state index contributed by atoms with van der Waals surface area (Å²) in [5, 5.41) is 4.30. The number of nitrogens with zero attached hydrogens (tertiary/aromatic N) is 5. The van der Waals surface area contributed by atoms with Crippen LogP contribution in [0.4, 0.5) is 5.69 Å². The van der Waals surface area contributed by atoms with E-state index in [2.05, 4.69) is 65.0 Å². The van der Waals surface area contributed by atoms with Gasteiger partial charge in [-0.05, 0) is 45.6 Å². The molecule has 0 aliphatic carbocycles. The molecule has 0 saturated carbocycles. The van der Waals surface area contributed by atoms with Gasteiger partial charge in [-0.3, -0.25) is 9.89 Å². The van der Waals surface area contributed by atoms with Crippen molar-refractivity contribution in [1.29, 1.82) is 0 Å². The summed E-state index contributed by atoms with van der Waals surface area (Å²) in [4.78, 5) is 14.7. The molecule has 8 heteroatoms. The van der Waals surface area contributed by atoms with Gasteiger partial charge in [-0.2, -0.15) is 0 Å². The molecule has 0 aromatic heterocycles. The lowest BCUT2D eigenvalue weighted by molar-refractivity contribution is 0.119. The second kappa shape index (κ2) is 11.6. The van der Waals surface area contributed by atoms with Gasteiger partial charge < -0.3 is 20.0 Å². The number of nitrogens with one attached hydrogen (secondary N) is 1. The number of halogens is 2. The monoisotopic (exact) mass is 534 g/mol. The lowest BCUT2D eigenvalue weighted by Crippen LogP contribution is -2.54. The molecule has 3 rings (SSSR count). The molecule has 29 heavy (non-hydrogen) atoms. The van der Waals surface area contributed by atoms with Gasteiger partial charge in [-0.15, -0.1) is 24.0 Å². The van der Waals surface area contributed by atoms with Crippen molar-refractivity contribution >= 4 is 47.2 Å². The molecule has 2 aliphatic rings. The summed E-state index contributed by atoms with van der Waals surface area (Å²) in [6, 6.07) is 6.64. The van der Waals surface area contributed by atoms with Crippen LogP contribution in [-0.2, 0) is 0 Å². The minimum Gasteiger partial charge on any atom is -0.368 e. The quantitative estimate of drug-likeness (QED) is 0.365. The number of hydrogen-bond donors (Lipinski definition) is 1. The summed E-state index contributed by atoms with van der Waals surface area (Å²) < 4.78 is 0. The van der Waals surface area contributed by atoms with E-state index in [4.69, 9.17) is 16.6 Å². The Morgan fingerprint density at radius 2 is 1.86 bits per heavy atom. The standard InChI is InChI=1S/C21H35ClN6.HI/c1-5-23-21(24-15-19-16-25(3)8-9-26(19)4)28-12-10-27(11-13-28)20-14-18(22)7-6-17(20)2;/h6-7,14,19H,5,8-13,15-16H2,1-4H3,(H,23,24);1H. The third-order valence-electron chi connectivity index (χ3n) is 5.86. The van der Waals surface area contributed by atoms with Crippen LogP contribution in [0.25, 0.3) is 0 Å². The first-order valence-corrected chi connectivity index (χ1v) is 10.8. The Hall–Kier alpha value is -0.770. The summed E-state index contributed by atoms with van der Waals surface area (Å²) in [5.41, 5.74) is 2.53. The molecule has 0 spiro atoms. The highest BCUT2D eigenvalue weighted by Gasteiger charge is 2.24. The predicted octanol–water partition coefficient (Wildman–Crippen LogP) is 2.60. The number of guanidine groups is 1. The van der Waals surface area contributed by atoms with Gasteiger partial charge in [0.25, 0.3) is 0 Å². The second-order valence-electron chi connectivity index (χ2n) is 8.00. The highest BCUT2D eigenvalue weighted by molar-refractivity contribution is 14.0. The smallest absolute Gasteiger partial charge is 0.194 e. The average molecular weight is 535 g/mol. The van der Waals surface area contributed by atoms with E-state index in [9.17, 15) is 0 Å². The summed E-state index contributed by atoms with van der Waals surface area (Å²) in [6.07, 6.45) is 0. The van der Waals surface area contributed by atoms with E-state index in [-0.39, 0.29) is 24.0 Å². The normalized spacial score (nSPS) is 21.8. The van der Waals surface area contributed by atoms with Crippen LogP contribution in [0, 0.1) is 6.92 Å². The van der Waals surface area contributed by atoms with Crippen molar-refractivity contribution in [2.45, 2.75) is 19.9 Å². The van der Waals surface area contributed by atoms with E-state index in [0.717, 1.165) is 69.9 Å². The van der Waals surface area contributed by atoms with E-state index in [1.54, 1.807) is 0 Å². The zero-order valence-electron chi connectivity index (χ0n) is 18.2. The van der Waals surface area contributed by atoms with Crippen LogP contribution in [0.3, 0.4) is 0 Å². The fraction of sp³-hybridized carbons (Fsp3) is 0.667. The van der Waals surface area contributed by atoms with Crippen LogP contribution in [0.2, 0.25) is 5.02 Å². The summed E-state index contributed by atoms with van der Waals surface area (Å²) >= 11 is 6.22. The molecular formula is C21H36ClIN6. The Labute approximate surface area is 198 Å². The van der Waals surface area contributed by atoms with Crippen molar-refractivity contribution in [2.24, 2.45) is 4.99 Å². The molecule has 1 N–H and O–H groups in total. The molecule has 1 unspecified atom stereocenters. The Bertz CT molecular complexity index is 677. The third kappa shape index (κ3) is 6.60. The zero-order chi connectivity index (χ0) is 20.1. The molecule has 0 bridgehead atoms. The fourth-order valence-corrected chi connectivity index (χ4v) is 4.16. The van der Waals surface area contributed by atoms with Gasteiger partial charge in [0.1, 0.15) is 0 Å². The maximum Gasteiger partial charge on any atom is 0.194 e. The maximum atomic E-state index is 6.22. The van der Waals surface area contributed by atoms with E-state index in [1.807, 2.05) is 6.07 Å². The van der Waals surface area contributed by atoms with Gasteiger partial charge >= 0.3 is 0 Å². The average Bonchev–Trinajstić information content (AvgIpc) is 2.69. The van der Waals surface area contributed by atoms with Crippen LogP contribution in [-0.4, -0.2) is 99.7 Å². The van der Waals surface area contributed by atoms with Crippen molar-refractivity contribution in [3.05, 3.63) is 28.8 Å². The van der Waals surface area contributed by atoms with Gasteiger partial charge in [0.05, 0.1) is 6.54 Å². The molecule has 164 valence electrons. The van der Waals surface area contributed by atoms with E-state index in [0.29, 0.717) is 6.04 Å². The number of benzene rings is 1. The Kier molecular flexibility index (Phi) is 9.78. The van der Waals surface area contributed by atoms with Crippen molar-refractivity contribution in [1.82, 2.24) is 20.0 Å². The molecule has 0 radical (unpaired) electrons. The molecule has 2 aliphatic heterocycles. The Morgan fingerprint density at radius 3 is 2.55 bits per heavy atom. The van der Waals surface area contributed by atoms with Crippen molar-refractivity contribution < 1.29 is 0 Å². The first kappa shape index (κ1) is 24.5. The topological polar surface area (TPSA) is 37.4 Å². The maximum absolute atomic E-state index is 6.22. The van der Waals surface area contributed by atoms with Crippen molar-refractivity contribution in [3.63, 3.8) is 0 Å². The predicted molar refractivity (Wildman–Crippen MR) is 135 cm³/mol. The Morgan fingerprint density at radius 1 is 1.14 bits per heavy atom. The molecular weight excluding hydrogens is 499 g/mol. The second-order valence-corrected chi connectivity index (χ2v) is 8.43. The Balaban J connectivity index is 0.00000300.